The Morgan fingerprint density at radius 2 is 1.21 bits per heavy atom. The highest BCUT2D eigenvalue weighted by Crippen LogP contribution is 2.69. The molecule has 2 N–H and O–H groups in total. The van der Waals surface area contributed by atoms with E-state index in [0.717, 1.165) is 11.8 Å². The molecular formula is C22H24N2+2. The lowest BCUT2D eigenvalue weighted by Gasteiger charge is -2.60. The van der Waals surface area contributed by atoms with Crippen LogP contribution in [0.25, 0.3) is 0 Å². The topological polar surface area (TPSA) is 47.7 Å². The maximum absolute atomic E-state index is 7.80. The largest absolute Gasteiger partial charge is 0.275 e. The van der Waals surface area contributed by atoms with E-state index in [1.54, 1.807) is 0 Å². The van der Waals surface area contributed by atoms with Crippen LogP contribution in [0.15, 0.2) is 47.6 Å². The minimum Gasteiger partial charge on any atom is -0.275 e. The highest BCUT2D eigenvalue weighted by atomic mass is 14.6. The van der Waals surface area contributed by atoms with Crippen LogP contribution in [-0.2, 0) is 0 Å². The van der Waals surface area contributed by atoms with E-state index in [1.165, 1.54) is 49.7 Å². The smallest absolute Gasteiger partial charge is 0.165 e. The molecule has 2 heteroatoms. The van der Waals surface area contributed by atoms with Crippen LogP contribution in [0.5, 0.6) is 0 Å². The molecule has 0 amide bonds. The zero-order valence-electron chi connectivity index (χ0n) is 14.0. The molecule has 24 heavy (non-hydrogen) atoms. The number of hydrogen-bond acceptors (Lipinski definition) is 2. The molecule has 4 fully saturated rings. The summed E-state index contributed by atoms with van der Waals surface area (Å²) in [5, 5.41) is 15.6. The molecule has 120 valence electrons. The normalized spacial score (nSPS) is 42.5. The molecule has 6 rings (SSSR count). The minimum absolute atomic E-state index is 0.317. The van der Waals surface area contributed by atoms with E-state index < -0.39 is 0 Å². The summed E-state index contributed by atoms with van der Waals surface area (Å²) in [7, 11) is 0. The van der Waals surface area contributed by atoms with Gasteiger partial charge in [0.15, 0.2) is 11.4 Å². The first-order valence-electron chi connectivity index (χ1n) is 9.21. The summed E-state index contributed by atoms with van der Waals surface area (Å²) < 4.78 is 0. The quantitative estimate of drug-likeness (QED) is 0.673. The highest BCUT2D eigenvalue weighted by Gasteiger charge is 2.62. The summed E-state index contributed by atoms with van der Waals surface area (Å²) in [6.45, 7) is 0. The third-order valence-corrected chi connectivity index (χ3v) is 7.06. The van der Waals surface area contributed by atoms with Crippen LogP contribution in [0.1, 0.15) is 38.5 Å². The molecule has 0 radical (unpaired) electrons. The lowest BCUT2D eigenvalue weighted by Crippen LogP contribution is -2.53. The van der Waals surface area contributed by atoms with Crippen molar-refractivity contribution in [3.05, 3.63) is 60.4 Å². The van der Waals surface area contributed by atoms with Gasteiger partial charge in [0.05, 0.1) is 60.4 Å². The van der Waals surface area contributed by atoms with Crippen LogP contribution in [0.3, 0.4) is 0 Å². The zero-order valence-corrected chi connectivity index (χ0v) is 14.0. The van der Waals surface area contributed by atoms with E-state index in [-0.39, 0.29) is 0 Å². The third kappa shape index (κ3) is 2.02. The average molecular weight is 316 g/mol. The fraction of sp³-hybridized carbons (Fsp3) is 0.455. The van der Waals surface area contributed by atoms with E-state index in [9.17, 15) is 0 Å². The van der Waals surface area contributed by atoms with Gasteiger partial charge in [0.1, 0.15) is 0 Å². The van der Waals surface area contributed by atoms with E-state index in [4.69, 9.17) is 10.8 Å². The molecule has 0 aromatic carbocycles. The molecule has 0 atom stereocenters. The average Bonchev–Trinajstić information content (AvgIpc) is 2.54. The standard InChI is InChI=1S/C22H24N2/c23-19-5-1-17(2-6-19)21-10-15-9-16(11-21)13-22(12-15,14-21)18-3-7-20(24)8-4-18/h1-8,15-16,23-24H,9-14H2/q+2. The molecule has 0 aromatic rings. The van der Waals surface area contributed by atoms with Gasteiger partial charge >= 0.3 is 0 Å². The highest BCUT2D eigenvalue weighted by molar-refractivity contribution is 6.03. The van der Waals surface area contributed by atoms with Crippen LogP contribution in [-0.4, -0.2) is 11.4 Å². The van der Waals surface area contributed by atoms with Gasteiger partial charge in [0.25, 0.3) is 0 Å². The minimum atomic E-state index is 0.317. The van der Waals surface area contributed by atoms with Gasteiger partial charge < -0.3 is 0 Å². The predicted molar refractivity (Wildman–Crippen MR) is 98.0 cm³/mol. The number of nitrogens with one attached hydrogen (secondary N) is 2. The van der Waals surface area contributed by atoms with E-state index in [0.29, 0.717) is 22.3 Å². The first kappa shape index (κ1) is 14.4. The van der Waals surface area contributed by atoms with Crippen LogP contribution in [0.2, 0.25) is 0 Å². The Bertz CT molecular complexity index is 672. The SMILES string of the molecule is N=C1C=CC(C23CC4CC(C2)CC(C2=C[CH+]C(=N)C=C2)(C4)C3)=C[CH+]1. The molecule has 0 saturated heterocycles. The number of allylic oxidation sites excluding steroid dienone is 8. The first-order chi connectivity index (χ1) is 11.6. The summed E-state index contributed by atoms with van der Waals surface area (Å²) in [6.07, 6.45) is 24.7. The van der Waals surface area contributed by atoms with Gasteiger partial charge in [-0.3, -0.25) is 10.8 Å². The van der Waals surface area contributed by atoms with Gasteiger partial charge in [-0.1, -0.05) is 0 Å². The monoisotopic (exact) mass is 316 g/mol. The van der Waals surface area contributed by atoms with Gasteiger partial charge in [-0.2, -0.15) is 0 Å². The van der Waals surface area contributed by atoms with E-state index in [1.807, 2.05) is 25.0 Å². The van der Waals surface area contributed by atoms with Gasteiger partial charge in [-0.15, -0.1) is 0 Å². The Morgan fingerprint density at radius 3 is 1.58 bits per heavy atom. The Morgan fingerprint density at radius 1 is 0.750 bits per heavy atom. The second-order valence-corrected chi connectivity index (χ2v) is 8.68. The summed E-state index contributed by atoms with van der Waals surface area (Å²) in [4.78, 5) is 0. The van der Waals surface area contributed by atoms with Crippen molar-refractivity contribution < 1.29 is 0 Å². The van der Waals surface area contributed by atoms with E-state index >= 15 is 0 Å². The molecule has 4 bridgehead atoms. The Hall–Kier alpha value is -1.96. The second-order valence-electron chi connectivity index (χ2n) is 8.68. The lowest BCUT2D eigenvalue weighted by atomic mass is 9.41. The lowest BCUT2D eigenvalue weighted by molar-refractivity contribution is -0.0706. The molecule has 0 spiro atoms. The molecule has 0 aromatic heterocycles. The molecule has 2 nitrogen and oxygen atoms in total. The molecule has 0 heterocycles. The van der Waals surface area contributed by atoms with Crippen LogP contribution >= 0.6 is 0 Å². The first-order valence-corrected chi connectivity index (χ1v) is 9.21. The van der Waals surface area contributed by atoms with Crippen molar-refractivity contribution in [2.45, 2.75) is 38.5 Å². The summed E-state index contributed by atoms with van der Waals surface area (Å²) >= 11 is 0. The van der Waals surface area contributed by atoms with Crippen molar-refractivity contribution in [1.29, 1.82) is 10.8 Å². The maximum Gasteiger partial charge on any atom is 0.165 e. The second kappa shape index (κ2) is 4.78. The van der Waals surface area contributed by atoms with Crippen molar-refractivity contribution in [3.8, 4) is 0 Å². The van der Waals surface area contributed by atoms with Crippen LogP contribution in [0.4, 0.5) is 0 Å². The number of hydrogen-bond donors (Lipinski definition) is 2. The molecular weight excluding hydrogens is 292 g/mol. The maximum atomic E-state index is 7.80. The van der Waals surface area contributed by atoms with Gasteiger partial charge in [-0.05, 0) is 50.4 Å². The summed E-state index contributed by atoms with van der Waals surface area (Å²) in [6, 6.07) is 0. The summed E-state index contributed by atoms with van der Waals surface area (Å²) in [5.74, 6) is 1.69. The molecule has 0 aliphatic heterocycles. The van der Waals surface area contributed by atoms with E-state index in [2.05, 4.69) is 24.3 Å². The fourth-order valence-electron chi connectivity index (χ4n) is 6.59. The molecule has 4 saturated carbocycles. The molecule has 6 aliphatic carbocycles. The van der Waals surface area contributed by atoms with Crippen molar-refractivity contribution in [2.24, 2.45) is 22.7 Å². The van der Waals surface area contributed by atoms with Crippen molar-refractivity contribution in [3.63, 3.8) is 0 Å². The fourth-order valence-corrected chi connectivity index (χ4v) is 6.59. The van der Waals surface area contributed by atoms with Crippen molar-refractivity contribution >= 4 is 11.4 Å². The van der Waals surface area contributed by atoms with Gasteiger partial charge in [0.2, 0.25) is 0 Å². The number of rotatable bonds is 2. The Kier molecular flexibility index (Phi) is 2.87. The molecule has 6 aliphatic rings. The Balaban J connectivity index is 1.54. The van der Waals surface area contributed by atoms with Gasteiger partial charge in [0, 0.05) is 10.8 Å². The predicted octanol–water partition coefficient (Wildman–Crippen LogP) is 5.01. The van der Waals surface area contributed by atoms with Crippen molar-refractivity contribution in [2.75, 3.05) is 0 Å². The van der Waals surface area contributed by atoms with Crippen LogP contribution < -0.4 is 0 Å². The van der Waals surface area contributed by atoms with Crippen molar-refractivity contribution in [1.82, 2.24) is 0 Å². The summed E-state index contributed by atoms with van der Waals surface area (Å²) in [5.41, 5.74) is 4.80. The third-order valence-electron chi connectivity index (χ3n) is 7.06. The molecule has 0 unspecified atom stereocenters. The van der Waals surface area contributed by atoms with Crippen LogP contribution in [0, 0.1) is 46.3 Å². The Labute approximate surface area is 144 Å². The van der Waals surface area contributed by atoms with Gasteiger partial charge in [-0.25, -0.2) is 0 Å². The zero-order chi connectivity index (χ0) is 16.4.